The normalized spacial score (nSPS) is 12.0. The zero-order valence-corrected chi connectivity index (χ0v) is 6.42. The van der Waals surface area contributed by atoms with Gasteiger partial charge < -0.3 is 10.8 Å². The van der Waals surface area contributed by atoms with Crippen LogP contribution in [0.25, 0.3) is 0 Å². The molecule has 0 unspecified atom stereocenters. The minimum Gasteiger partial charge on any atom is -0.480 e. The summed E-state index contributed by atoms with van der Waals surface area (Å²) < 4.78 is 0. The number of carboxylic acid groups (broad SMARTS) is 1. The molecule has 11 heavy (non-hydrogen) atoms. The highest BCUT2D eigenvalue weighted by Gasteiger charge is 2.09. The van der Waals surface area contributed by atoms with Gasteiger partial charge in [0.05, 0.1) is 0 Å². The van der Waals surface area contributed by atoms with Gasteiger partial charge in [0.15, 0.2) is 0 Å². The SMILES string of the molecule is C#CCCCC[C@@H](N)C(=O)O. The van der Waals surface area contributed by atoms with Crippen molar-refractivity contribution in [1.82, 2.24) is 0 Å². The molecule has 0 radical (unpaired) electrons. The highest BCUT2D eigenvalue weighted by molar-refractivity contribution is 5.72. The second-order valence-corrected chi connectivity index (χ2v) is 2.39. The Kier molecular flexibility index (Phi) is 5.22. The number of carboxylic acids is 1. The predicted octanol–water partition coefficient (Wildman–Crippen LogP) is 0.592. The van der Waals surface area contributed by atoms with Crippen LogP contribution < -0.4 is 5.73 Å². The zero-order valence-electron chi connectivity index (χ0n) is 6.42. The van der Waals surface area contributed by atoms with Gasteiger partial charge >= 0.3 is 5.97 Å². The molecule has 3 N–H and O–H groups in total. The van der Waals surface area contributed by atoms with Crippen molar-refractivity contribution in [3.8, 4) is 12.3 Å². The third-order valence-electron chi connectivity index (χ3n) is 1.40. The van der Waals surface area contributed by atoms with E-state index >= 15 is 0 Å². The summed E-state index contributed by atoms with van der Waals surface area (Å²) in [6, 6.07) is -0.729. The molecule has 0 bridgehead atoms. The van der Waals surface area contributed by atoms with Gasteiger partial charge in [0.2, 0.25) is 0 Å². The summed E-state index contributed by atoms with van der Waals surface area (Å²) in [6.07, 6.45) is 7.87. The van der Waals surface area contributed by atoms with Crippen LogP contribution in [-0.4, -0.2) is 17.1 Å². The van der Waals surface area contributed by atoms with Crippen LogP contribution in [0.1, 0.15) is 25.7 Å². The molecule has 0 aromatic rings. The van der Waals surface area contributed by atoms with Gasteiger partial charge in [-0.05, 0) is 12.8 Å². The molecule has 0 amide bonds. The summed E-state index contributed by atoms with van der Waals surface area (Å²) >= 11 is 0. The van der Waals surface area contributed by atoms with Crippen LogP contribution in [-0.2, 0) is 4.79 Å². The maximum atomic E-state index is 10.2. The van der Waals surface area contributed by atoms with E-state index in [2.05, 4.69) is 5.92 Å². The van der Waals surface area contributed by atoms with E-state index in [1.807, 2.05) is 0 Å². The molecule has 62 valence electrons. The Hall–Kier alpha value is -1.01. The van der Waals surface area contributed by atoms with Gasteiger partial charge in [-0.15, -0.1) is 12.3 Å². The number of aliphatic carboxylic acids is 1. The Morgan fingerprint density at radius 2 is 2.27 bits per heavy atom. The van der Waals surface area contributed by atoms with E-state index in [4.69, 9.17) is 17.3 Å². The highest BCUT2D eigenvalue weighted by Crippen LogP contribution is 2.01. The van der Waals surface area contributed by atoms with Gasteiger partial charge in [-0.25, -0.2) is 0 Å². The molecule has 0 saturated carbocycles. The smallest absolute Gasteiger partial charge is 0.320 e. The molecular weight excluding hydrogens is 142 g/mol. The van der Waals surface area contributed by atoms with Crippen LogP contribution in [0.2, 0.25) is 0 Å². The standard InChI is InChI=1S/C8H13NO2/c1-2-3-4-5-6-7(9)8(10)11/h1,7H,3-6,9H2,(H,10,11)/t7-/m1/s1. The van der Waals surface area contributed by atoms with Crippen molar-refractivity contribution in [3.05, 3.63) is 0 Å². The van der Waals surface area contributed by atoms with E-state index in [0.29, 0.717) is 12.8 Å². The maximum Gasteiger partial charge on any atom is 0.320 e. The summed E-state index contributed by atoms with van der Waals surface area (Å²) in [5.41, 5.74) is 5.25. The first-order valence-corrected chi connectivity index (χ1v) is 3.60. The maximum absolute atomic E-state index is 10.2. The minimum atomic E-state index is -0.939. The van der Waals surface area contributed by atoms with Crippen molar-refractivity contribution < 1.29 is 9.90 Å². The Morgan fingerprint density at radius 3 is 2.73 bits per heavy atom. The van der Waals surface area contributed by atoms with Crippen LogP contribution in [0.4, 0.5) is 0 Å². The van der Waals surface area contributed by atoms with Crippen molar-refractivity contribution in [2.75, 3.05) is 0 Å². The number of rotatable bonds is 5. The number of unbranched alkanes of at least 4 members (excludes halogenated alkanes) is 2. The lowest BCUT2D eigenvalue weighted by Gasteiger charge is -2.03. The Morgan fingerprint density at radius 1 is 1.64 bits per heavy atom. The van der Waals surface area contributed by atoms with E-state index in [1.54, 1.807) is 0 Å². The van der Waals surface area contributed by atoms with Crippen LogP contribution in [0.15, 0.2) is 0 Å². The fourth-order valence-electron chi connectivity index (χ4n) is 0.715. The summed E-state index contributed by atoms with van der Waals surface area (Å²) in [5.74, 6) is 1.54. The summed E-state index contributed by atoms with van der Waals surface area (Å²) in [6.45, 7) is 0. The molecule has 0 aliphatic rings. The number of hydrogen-bond acceptors (Lipinski definition) is 2. The molecule has 0 saturated heterocycles. The molecule has 0 aromatic heterocycles. The lowest BCUT2D eigenvalue weighted by molar-refractivity contribution is -0.138. The first kappa shape index (κ1) is 9.99. The van der Waals surface area contributed by atoms with Crippen LogP contribution in [0.3, 0.4) is 0 Å². The van der Waals surface area contributed by atoms with Crippen LogP contribution in [0, 0.1) is 12.3 Å². The molecule has 0 aliphatic carbocycles. The third-order valence-corrected chi connectivity index (χ3v) is 1.40. The first-order chi connectivity index (χ1) is 5.18. The van der Waals surface area contributed by atoms with Crippen molar-refractivity contribution in [1.29, 1.82) is 0 Å². The van der Waals surface area contributed by atoms with Gasteiger partial charge in [0.1, 0.15) is 6.04 Å². The molecular formula is C8H13NO2. The van der Waals surface area contributed by atoms with Gasteiger partial charge in [0.25, 0.3) is 0 Å². The van der Waals surface area contributed by atoms with E-state index in [1.165, 1.54) is 0 Å². The molecule has 0 heterocycles. The van der Waals surface area contributed by atoms with Crippen molar-refractivity contribution in [2.24, 2.45) is 5.73 Å². The molecule has 0 rings (SSSR count). The van der Waals surface area contributed by atoms with E-state index < -0.39 is 12.0 Å². The Bertz CT molecular complexity index is 160. The molecule has 0 aliphatic heterocycles. The molecule has 1 atom stereocenters. The lowest BCUT2D eigenvalue weighted by Crippen LogP contribution is -2.29. The fraction of sp³-hybridized carbons (Fsp3) is 0.625. The van der Waals surface area contributed by atoms with Crippen molar-refractivity contribution >= 4 is 5.97 Å². The predicted molar refractivity (Wildman–Crippen MR) is 42.9 cm³/mol. The van der Waals surface area contributed by atoms with Gasteiger partial charge in [-0.2, -0.15) is 0 Å². The quantitative estimate of drug-likeness (QED) is 0.451. The van der Waals surface area contributed by atoms with Gasteiger partial charge in [-0.3, -0.25) is 4.79 Å². The molecule has 0 fully saturated rings. The van der Waals surface area contributed by atoms with E-state index in [-0.39, 0.29) is 0 Å². The van der Waals surface area contributed by atoms with Gasteiger partial charge in [0, 0.05) is 6.42 Å². The molecule has 3 heteroatoms. The first-order valence-electron chi connectivity index (χ1n) is 3.60. The minimum absolute atomic E-state index is 0.511. The number of terminal acetylenes is 1. The largest absolute Gasteiger partial charge is 0.480 e. The second kappa shape index (κ2) is 5.75. The Balaban J connectivity index is 3.26. The Labute approximate surface area is 66.6 Å². The highest BCUT2D eigenvalue weighted by atomic mass is 16.4. The van der Waals surface area contributed by atoms with E-state index in [9.17, 15) is 4.79 Å². The topological polar surface area (TPSA) is 63.3 Å². The second-order valence-electron chi connectivity index (χ2n) is 2.39. The monoisotopic (exact) mass is 155 g/mol. The van der Waals surface area contributed by atoms with Crippen LogP contribution >= 0.6 is 0 Å². The molecule has 0 spiro atoms. The van der Waals surface area contributed by atoms with Gasteiger partial charge in [-0.1, -0.05) is 6.42 Å². The average molecular weight is 155 g/mol. The van der Waals surface area contributed by atoms with Crippen LogP contribution in [0.5, 0.6) is 0 Å². The summed E-state index contributed by atoms with van der Waals surface area (Å²) in [7, 11) is 0. The number of hydrogen-bond donors (Lipinski definition) is 2. The fourth-order valence-corrected chi connectivity index (χ4v) is 0.715. The lowest BCUT2D eigenvalue weighted by atomic mass is 10.1. The third kappa shape index (κ3) is 5.43. The summed E-state index contributed by atoms with van der Waals surface area (Å²) in [5, 5.41) is 8.37. The molecule has 0 aromatic carbocycles. The molecule has 3 nitrogen and oxygen atoms in total. The van der Waals surface area contributed by atoms with Crippen molar-refractivity contribution in [2.45, 2.75) is 31.7 Å². The number of nitrogens with two attached hydrogens (primary N) is 1. The zero-order chi connectivity index (χ0) is 8.69. The summed E-state index contributed by atoms with van der Waals surface area (Å²) in [4.78, 5) is 10.2. The number of carbonyl (C=O) groups is 1. The van der Waals surface area contributed by atoms with Crippen molar-refractivity contribution in [3.63, 3.8) is 0 Å². The van der Waals surface area contributed by atoms with E-state index in [0.717, 1.165) is 12.8 Å². The average Bonchev–Trinajstić information content (AvgIpc) is 1.97.